The summed E-state index contributed by atoms with van der Waals surface area (Å²) < 4.78 is 26.8. The van der Waals surface area contributed by atoms with Gasteiger partial charge in [-0.1, -0.05) is 17.7 Å². The van der Waals surface area contributed by atoms with Crippen LogP contribution in [0.1, 0.15) is 18.1 Å². The fourth-order valence-corrected chi connectivity index (χ4v) is 1.98. The van der Waals surface area contributed by atoms with Crippen molar-refractivity contribution in [3.63, 3.8) is 0 Å². The molecule has 122 valence electrons. The summed E-state index contributed by atoms with van der Waals surface area (Å²) in [5, 5.41) is 6.44. The number of aromatic nitrogens is 1. The van der Waals surface area contributed by atoms with Gasteiger partial charge >= 0.3 is 0 Å². The zero-order valence-corrected chi connectivity index (χ0v) is 13.4. The van der Waals surface area contributed by atoms with Crippen LogP contribution in [-0.4, -0.2) is 17.5 Å². The molecule has 2 aromatic rings. The van der Waals surface area contributed by atoms with Crippen LogP contribution in [0.5, 0.6) is 0 Å². The van der Waals surface area contributed by atoms with Crippen LogP contribution in [0.25, 0.3) is 0 Å². The van der Waals surface area contributed by atoms with Crippen LogP contribution in [0.4, 0.5) is 8.78 Å². The van der Waals surface area contributed by atoms with Gasteiger partial charge < -0.3 is 10.6 Å². The highest BCUT2D eigenvalue weighted by molar-refractivity contribution is 6.29. The summed E-state index contributed by atoms with van der Waals surface area (Å²) in [5.41, 5.74) is 1.13. The van der Waals surface area contributed by atoms with Crippen LogP contribution in [-0.2, 0) is 13.1 Å². The van der Waals surface area contributed by atoms with Gasteiger partial charge in [0.15, 0.2) is 5.96 Å². The van der Waals surface area contributed by atoms with E-state index in [1.54, 1.807) is 12.3 Å². The molecule has 0 aliphatic rings. The number of pyridine rings is 1. The summed E-state index contributed by atoms with van der Waals surface area (Å²) in [7, 11) is 0. The fraction of sp³-hybridized carbons (Fsp3) is 0.250. The minimum absolute atomic E-state index is 0.133. The number of benzene rings is 1. The smallest absolute Gasteiger partial charge is 0.191 e. The van der Waals surface area contributed by atoms with E-state index < -0.39 is 11.6 Å². The van der Waals surface area contributed by atoms with Gasteiger partial charge in [0.05, 0.1) is 6.54 Å². The highest BCUT2D eigenvalue weighted by Gasteiger charge is 2.05. The Labute approximate surface area is 138 Å². The molecule has 0 unspecified atom stereocenters. The van der Waals surface area contributed by atoms with Gasteiger partial charge in [-0.15, -0.1) is 0 Å². The Balaban J connectivity index is 2.01. The molecule has 1 aromatic carbocycles. The van der Waals surface area contributed by atoms with Gasteiger partial charge in [-0.25, -0.2) is 18.8 Å². The van der Waals surface area contributed by atoms with E-state index in [4.69, 9.17) is 11.6 Å². The van der Waals surface area contributed by atoms with Crippen molar-refractivity contribution >= 4 is 17.6 Å². The van der Waals surface area contributed by atoms with E-state index in [-0.39, 0.29) is 12.1 Å². The maximum absolute atomic E-state index is 13.6. The zero-order chi connectivity index (χ0) is 16.7. The minimum Gasteiger partial charge on any atom is -0.357 e. The fourth-order valence-electron chi connectivity index (χ4n) is 1.87. The van der Waals surface area contributed by atoms with Crippen LogP contribution in [0.15, 0.2) is 41.5 Å². The Hall–Kier alpha value is -2.21. The van der Waals surface area contributed by atoms with Crippen molar-refractivity contribution in [1.82, 2.24) is 15.6 Å². The first-order valence-electron chi connectivity index (χ1n) is 7.15. The number of guanidine groups is 1. The Morgan fingerprint density at radius 1 is 1.22 bits per heavy atom. The van der Waals surface area contributed by atoms with Crippen molar-refractivity contribution in [3.05, 3.63) is 64.4 Å². The van der Waals surface area contributed by atoms with Gasteiger partial charge in [0, 0.05) is 24.8 Å². The molecule has 0 bridgehead atoms. The highest BCUT2D eigenvalue weighted by Crippen LogP contribution is 2.09. The van der Waals surface area contributed by atoms with E-state index in [0.29, 0.717) is 24.2 Å². The molecular weight excluding hydrogens is 322 g/mol. The maximum atomic E-state index is 13.6. The number of aliphatic imine (C=N–C) groups is 1. The second-order valence-corrected chi connectivity index (χ2v) is 5.16. The monoisotopic (exact) mass is 338 g/mol. The number of rotatable bonds is 5. The Bertz CT molecular complexity index is 674. The van der Waals surface area contributed by atoms with Crippen molar-refractivity contribution in [3.8, 4) is 0 Å². The molecule has 7 heteroatoms. The van der Waals surface area contributed by atoms with Crippen molar-refractivity contribution in [2.24, 2.45) is 4.99 Å². The molecule has 0 atom stereocenters. The number of halogens is 3. The Morgan fingerprint density at radius 3 is 2.74 bits per heavy atom. The van der Waals surface area contributed by atoms with Gasteiger partial charge in [0.1, 0.15) is 16.8 Å². The van der Waals surface area contributed by atoms with Gasteiger partial charge in [0.25, 0.3) is 0 Å². The second kappa shape index (κ2) is 8.43. The molecule has 1 heterocycles. The van der Waals surface area contributed by atoms with Crippen molar-refractivity contribution in [2.45, 2.75) is 20.0 Å². The predicted molar refractivity (Wildman–Crippen MR) is 87.3 cm³/mol. The first-order chi connectivity index (χ1) is 11.1. The largest absolute Gasteiger partial charge is 0.357 e. The molecule has 0 radical (unpaired) electrons. The van der Waals surface area contributed by atoms with Crippen LogP contribution in [0, 0.1) is 11.6 Å². The Kier molecular flexibility index (Phi) is 6.29. The number of nitrogens with zero attached hydrogens (tertiary/aromatic N) is 2. The van der Waals surface area contributed by atoms with Crippen molar-refractivity contribution in [1.29, 1.82) is 0 Å². The molecule has 0 saturated heterocycles. The lowest BCUT2D eigenvalue weighted by Gasteiger charge is -2.12. The molecule has 2 rings (SSSR count). The summed E-state index contributed by atoms with van der Waals surface area (Å²) in [6.45, 7) is 3.10. The number of hydrogen-bond donors (Lipinski definition) is 2. The first kappa shape index (κ1) is 17.1. The molecule has 0 spiro atoms. The summed E-state index contributed by atoms with van der Waals surface area (Å²) in [6.07, 6.45) is 1.64. The normalized spacial score (nSPS) is 11.4. The van der Waals surface area contributed by atoms with Crippen LogP contribution in [0.2, 0.25) is 5.15 Å². The third-order valence-corrected chi connectivity index (χ3v) is 3.23. The molecule has 0 aliphatic heterocycles. The van der Waals surface area contributed by atoms with Crippen LogP contribution >= 0.6 is 11.6 Å². The molecule has 23 heavy (non-hydrogen) atoms. The van der Waals surface area contributed by atoms with E-state index in [1.165, 1.54) is 0 Å². The lowest BCUT2D eigenvalue weighted by atomic mass is 10.2. The molecule has 0 amide bonds. The standard InChI is InChI=1S/C16H17ClF2N4/c1-2-20-16(22-9-11-3-6-15(17)21-8-11)23-10-12-7-13(18)4-5-14(12)19/h3-8H,2,9-10H2,1H3,(H2,20,22,23). The maximum Gasteiger partial charge on any atom is 0.191 e. The number of hydrogen-bond acceptors (Lipinski definition) is 2. The van der Waals surface area contributed by atoms with Crippen molar-refractivity contribution < 1.29 is 8.78 Å². The molecule has 0 saturated carbocycles. The molecule has 4 nitrogen and oxygen atoms in total. The SMILES string of the molecule is CCNC(=NCc1ccc(Cl)nc1)NCc1cc(F)ccc1F. The average molecular weight is 339 g/mol. The third kappa shape index (κ3) is 5.49. The van der Waals surface area contributed by atoms with Crippen molar-refractivity contribution in [2.75, 3.05) is 6.54 Å². The van der Waals surface area contributed by atoms with E-state index >= 15 is 0 Å². The molecule has 0 aliphatic carbocycles. The molecule has 1 aromatic heterocycles. The summed E-state index contributed by atoms with van der Waals surface area (Å²) in [5.74, 6) is -0.430. The molecule has 0 fully saturated rings. The quantitative estimate of drug-likeness (QED) is 0.500. The third-order valence-electron chi connectivity index (χ3n) is 3.01. The highest BCUT2D eigenvalue weighted by atomic mass is 35.5. The average Bonchev–Trinajstić information content (AvgIpc) is 2.54. The van der Waals surface area contributed by atoms with Crippen LogP contribution < -0.4 is 10.6 Å². The lowest BCUT2D eigenvalue weighted by Crippen LogP contribution is -2.37. The van der Waals surface area contributed by atoms with Gasteiger partial charge in [-0.3, -0.25) is 0 Å². The first-order valence-corrected chi connectivity index (χ1v) is 7.53. The van der Waals surface area contributed by atoms with E-state index in [0.717, 1.165) is 23.8 Å². The minimum atomic E-state index is -0.475. The van der Waals surface area contributed by atoms with E-state index in [1.807, 2.05) is 13.0 Å². The summed E-state index contributed by atoms with van der Waals surface area (Å²) in [6, 6.07) is 6.87. The topological polar surface area (TPSA) is 49.3 Å². The van der Waals surface area contributed by atoms with Gasteiger partial charge in [-0.05, 0) is 36.8 Å². The van der Waals surface area contributed by atoms with Crippen LogP contribution in [0.3, 0.4) is 0 Å². The second-order valence-electron chi connectivity index (χ2n) is 4.77. The van der Waals surface area contributed by atoms with Gasteiger partial charge in [-0.2, -0.15) is 0 Å². The Morgan fingerprint density at radius 2 is 2.04 bits per heavy atom. The molecular formula is C16H17ClF2N4. The predicted octanol–water partition coefficient (Wildman–Crippen LogP) is 3.27. The lowest BCUT2D eigenvalue weighted by molar-refractivity contribution is 0.581. The summed E-state index contributed by atoms with van der Waals surface area (Å²) >= 11 is 5.73. The summed E-state index contributed by atoms with van der Waals surface area (Å²) in [4.78, 5) is 8.36. The van der Waals surface area contributed by atoms with E-state index in [2.05, 4.69) is 20.6 Å². The van der Waals surface area contributed by atoms with Gasteiger partial charge in [0.2, 0.25) is 0 Å². The van der Waals surface area contributed by atoms with E-state index in [9.17, 15) is 8.78 Å². The molecule has 2 N–H and O–H groups in total. The number of nitrogens with one attached hydrogen (secondary N) is 2. The zero-order valence-electron chi connectivity index (χ0n) is 12.6.